The molecule has 2 saturated heterocycles. The highest BCUT2D eigenvalue weighted by Gasteiger charge is 2.28. The van der Waals surface area contributed by atoms with Crippen molar-refractivity contribution in [3.63, 3.8) is 0 Å². The lowest BCUT2D eigenvalue weighted by atomic mass is 9.96. The fourth-order valence-electron chi connectivity index (χ4n) is 4.15. The van der Waals surface area contributed by atoms with Crippen LogP contribution in [0.4, 0.5) is 0 Å². The van der Waals surface area contributed by atoms with Gasteiger partial charge >= 0.3 is 0 Å². The molecule has 2 aliphatic rings. The van der Waals surface area contributed by atoms with Crippen molar-refractivity contribution in [1.82, 2.24) is 24.6 Å². The Kier molecular flexibility index (Phi) is 5.90. The zero-order valence-electron chi connectivity index (χ0n) is 16.6. The molecule has 2 aliphatic heterocycles. The molecule has 28 heavy (non-hydrogen) atoms. The Bertz CT molecular complexity index is 777. The van der Waals surface area contributed by atoms with Gasteiger partial charge in [0, 0.05) is 26.1 Å². The summed E-state index contributed by atoms with van der Waals surface area (Å²) < 4.78 is 7.76. The molecule has 0 spiro atoms. The van der Waals surface area contributed by atoms with E-state index < -0.39 is 0 Å². The number of hydrogen-bond donors (Lipinski definition) is 0. The SMILES string of the molecule is Cn1c(CN2CCCC2)nnc1C1CCN(C(=O)COc2ccccc2)CC1. The van der Waals surface area contributed by atoms with E-state index in [9.17, 15) is 4.79 Å². The van der Waals surface area contributed by atoms with Gasteiger partial charge in [0.05, 0.1) is 6.54 Å². The van der Waals surface area contributed by atoms with Crippen LogP contribution in [-0.4, -0.2) is 63.3 Å². The molecule has 0 bridgehead atoms. The molecule has 7 nitrogen and oxygen atoms in total. The van der Waals surface area contributed by atoms with E-state index >= 15 is 0 Å². The number of ether oxygens (including phenoxy) is 1. The highest BCUT2D eigenvalue weighted by atomic mass is 16.5. The van der Waals surface area contributed by atoms with Crippen LogP contribution >= 0.6 is 0 Å². The quantitative estimate of drug-likeness (QED) is 0.765. The third-order valence-electron chi connectivity index (χ3n) is 5.88. The zero-order valence-corrected chi connectivity index (χ0v) is 16.6. The summed E-state index contributed by atoms with van der Waals surface area (Å²) in [6.45, 7) is 4.80. The smallest absolute Gasteiger partial charge is 0.260 e. The molecule has 0 atom stereocenters. The average molecular weight is 383 g/mol. The van der Waals surface area contributed by atoms with Crippen LogP contribution in [0.15, 0.2) is 30.3 Å². The van der Waals surface area contributed by atoms with E-state index in [1.807, 2.05) is 35.2 Å². The molecule has 0 aliphatic carbocycles. The van der Waals surface area contributed by atoms with Crippen molar-refractivity contribution in [2.75, 3.05) is 32.8 Å². The van der Waals surface area contributed by atoms with Gasteiger partial charge in [0.25, 0.3) is 5.91 Å². The Morgan fingerprint density at radius 1 is 1.07 bits per heavy atom. The number of benzene rings is 1. The zero-order chi connectivity index (χ0) is 19.3. The van der Waals surface area contributed by atoms with E-state index in [2.05, 4.69) is 26.7 Å². The number of amides is 1. The van der Waals surface area contributed by atoms with Crippen LogP contribution in [0.3, 0.4) is 0 Å². The maximum Gasteiger partial charge on any atom is 0.260 e. The fraction of sp³-hybridized carbons (Fsp3) is 0.571. The molecule has 0 N–H and O–H groups in total. The summed E-state index contributed by atoms with van der Waals surface area (Å²) in [5.74, 6) is 3.25. The van der Waals surface area contributed by atoms with Gasteiger partial charge in [-0.3, -0.25) is 9.69 Å². The third kappa shape index (κ3) is 4.35. The van der Waals surface area contributed by atoms with Crippen LogP contribution in [0.25, 0.3) is 0 Å². The fourth-order valence-corrected chi connectivity index (χ4v) is 4.15. The number of piperidine rings is 1. The van der Waals surface area contributed by atoms with E-state index in [4.69, 9.17) is 4.74 Å². The average Bonchev–Trinajstić information content (AvgIpc) is 3.38. The van der Waals surface area contributed by atoms with Crippen molar-refractivity contribution < 1.29 is 9.53 Å². The van der Waals surface area contributed by atoms with Crippen molar-refractivity contribution in [1.29, 1.82) is 0 Å². The Labute approximate surface area is 166 Å². The first-order valence-electron chi connectivity index (χ1n) is 10.3. The van der Waals surface area contributed by atoms with Crippen LogP contribution in [0.1, 0.15) is 43.3 Å². The van der Waals surface area contributed by atoms with Crippen LogP contribution in [0, 0.1) is 0 Å². The minimum absolute atomic E-state index is 0.0509. The van der Waals surface area contributed by atoms with Gasteiger partial charge in [-0.25, -0.2) is 0 Å². The molecule has 1 aromatic heterocycles. The minimum Gasteiger partial charge on any atom is -0.484 e. The van der Waals surface area contributed by atoms with Gasteiger partial charge in [-0.15, -0.1) is 10.2 Å². The van der Waals surface area contributed by atoms with E-state index in [1.54, 1.807) is 0 Å². The Hall–Kier alpha value is -2.41. The van der Waals surface area contributed by atoms with E-state index in [0.717, 1.165) is 63.0 Å². The molecule has 7 heteroatoms. The Morgan fingerprint density at radius 2 is 1.79 bits per heavy atom. The monoisotopic (exact) mass is 383 g/mol. The number of rotatable bonds is 6. The predicted molar refractivity (Wildman–Crippen MR) is 106 cm³/mol. The molecule has 1 aromatic carbocycles. The van der Waals surface area contributed by atoms with Gasteiger partial charge in [-0.1, -0.05) is 18.2 Å². The molecule has 2 aromatic rings. The molecule has 0 unspecified atom stereocenters. The lowest BCUT2D eigenvalue weighted by molar-refractivity contribution is -0.134. The van der Waals surface area contributed by atoms with Crippen LogP contribution in [0.2, 0.25) is 0 Å². The summed E-state index contributed by atoms with van der Waals surface area (Å²) in [6.07, 6.45) is 4.41. The second-order valence-corrected chi connectivity index (χ2v) is 7.77. The maximum absolute atomic E-state index is 12.4. The number of carbonyl (C=O) groups excluding carboxylic acids is 1. The molecule has 3 heterocycles. The largest absolute Gasteiger partial charge is 0.484 e. The lowest BCUT2D eigenvalue weighted by Gasteiger charge is -2.31. The summed E-state index contributed by atoms with van der Waals surface area (Å²) in [4.78, 5) is 16.8. The van der Waals surface area contributed by atoms with Crippen molar-refractivity contribution >= 4 is 5.91 Å². The summed E-state index contributed by atoms with van der Waals surface area (Å²) >= 11 is 0. The van der Waals surface area contributed by atoms with Gasteiger partial charge in [0.1, 0.15) is 17.4 Å². The minimum atomic E-state index is 0.0509. The number of likely N-dealkylation sites (tertiary alicyclic amines) is 2. The highest BCUT2D eigenvalue weighted by Crippen LogP contribution is 2.27. The number of aromatic nitrogens is 3. The lowest BCUT2D eigenvalue weighted by Crippen LogP contribution is -2.40. The Morgan fingerprint density at radius 3 is 2.50 bits per heavy atom. The van der Waals surface area contributed by atoms with Crippen molar-refractivity contribution in [2.24, 2.45) is 7.05 Å². The molecule has 2 fully saturated rings. The summed E-state index contributed by atoms with van der Waals surface area (Å²) in [5, 5.41) is 8.93. The topological polar surface area (TPSA) is 63.5 Å². The standard InChI is InChI=1S/C21H29N5O2/c1-24-19(15-25-11-5-6-12-25)22-23-21(24)17-9-13-26(14-10-17)20(27)16-28-18-7-3-2-4-8-18/h2-4,7-8,17H,5-6,9-16H2,1H3. The van der Waals surface area contributed by atoms with Crippen molar-refractivity contribution in [3.05, 3.63) is 42.0 Å². The number of carbonyl (C=O) groups is 1. The van der Waals surface area contributed by atoms with E-state index in [-0.39, 0.29) is 12.5 Å². The van der Waals surface area contributed by atoms with Gasteiger partial charge in [0.2, 0.25) is 0 Å². The Balaban J connectivity index is 1.28. The first-order valence-corrected chi connectivity index (χ1v) is 10.3. The second-order valence-electron chi connectivity index (χ2n) is 7.77. The molecule has 4 rings (SSSR count). The molecular weight excluding hydrogens is 354 g/mol. The first kappa shape index (κ1) is 18.9. The van der Waals surface area contributed by atoms with Crippen molar-refractivity contribution in [2.45, 2.75) is 38.1 Å². The molecule has 150 valence electrons. The van der Waals surface area contributed by atoms with Crippen LogP contribution in [-0.2, 0) is 18.4 Å². The number of nitrogens with zero attached hydrogens (tertiary/aromatic N) is 5. The third-order valence-corrected chi connectivity index (χ3v) is 5.88. The maximum atomic E-state index is 12.4. The van der Waals surface area contributed by atoms with Gasteiger partial charge in [-0.05, 0) is 50.9 Å². The number of hydrogen-bond acceptors (Lipinski definition) is 5. The van der Waals surface area contributed by atoms with Gasteiger partial charge < -0.3 is 14.2 Å². The normalized spacial score (nSPS) is 18.5. The summed E-state index contributed by atoms with van der Waals surface area (Å²) in [7, 11) is 2.08. The first-order chi connectivity index (χ1) is 13.7. The molecule has 1 amide bonds. The van der Waals surface area contributed by atoms with Gasteiger partial charge in [-0.2, -0.15) is 0 Å². The summed E-state index contributed by atoms with van der Waals surface area (Å²) in [5.41, 5.74) is 0. The summed E-state index contributed by atoms with van der Waals surface area (Å²) in [6, 6.07) is 9.48. The molecule has 0 radical (unpaired) electrons. The second kappa shape index (κ2) is 8.73. The van der Waals surface area contributed by atoms with Crippen LogP contribution < -0.4 is 4.74 Å². The van der Waals surface area contributed by atoms with Crippen molar-refractivity contribution in [3.8, 4) is 5.75 Å². The highest BCUT2D eigenvalue weighted by molar-refractivity contribution is 5.77. The van der Waals surface area contributed by atoms with E-state index in [1.165, 1.54) is 12.8 Å². The van der Waals surface area contributed by atoms with E-state index in [0.29, 0.717) is 5.92 Å². The molecular formula is C21H29N5O2. The predicted octanol–water partition coefficient (Wildman–Crippen LogP) is 2.20. The molecule has 0 saturated carbocycles. The van der Waals surface area contributed by atoms with Crippen LogP contribution in [0.5, 0.6) is 5.75 Å². The number of para-hydroxylation sites is 1. The van der Waals surface area contributed by atoms with Gasteiger partial charge in [0.15, 0.2) is 6.61 Å².